The Morgan fingerprint density at radius 2 is 2.00 bits per heavy atom. The molecule has 1 aromatic carbocycles. The van der Waals surface area contributed by atoms with Crippen LogP contribution in [0, 0.1) is 11.3 Å². The number of pyridine rings is 1. The lowest BCUT2D eigenvalue weighted by Gasteiger charge is -2.25. The standard InChI is InChI=1S/C16H18N4/c1-20(2)16(14-6-4-3-5-7-14)12-19-15-8-13(9-17)10-18-11-15/h3-8,10-11,16,19H,12H2,1-2H3. The third kappa shape index (κ3) is 3.56. The zero-order chi connectivity index (χ0) is 14.4. The molecule has 4 nitrogen and oxygen atoms in total. The van der Waals surface area contributed by atoms with Crippen molar-refractivity contribution < 1.29 is 0 Å². The van der Waals surface area contributed by atoms with Gasteiger partial charge in [0.1, 0.15) is 6.07 Å². The summed E-state index contributed by atoms with van der Waals surface area (Å²) in [6.45, 7) is 0.758. The Kier molecular flexibility index (Phi) is 4.70. The Labute approximate surface area is 119 Å². The number of rotatable bonds is 5. The molecule has 0 spiro atoms. The molecule has 0 bridgehead atoms. The van der Waals surface area contributed by atoms with Gasteiger partial charge in [0.2, 0.25) is 0 Å². The van der Waals surface area contributed by atoms with Crippen molar-refractivity contribution in [3.63, 3.8) is 0 Å². The summed E-state index contributed by atoms with van der Waals surface area (Å²) in [7, 11) is 4.12. The highest BCUT2D eigenvalue weighted by Gasteiger charge is 2.13. The molecule has 1 heterocycles. The lowest BCUT2D eigenvalue weighted by atomic mass is 10.1. The maximum atomic E-state index is 8.88. The molecule has 2 rings (SSSR count). The molecular weight excluding hydrogens is 248 g/mol. The zero-order valence-corrected chi connectivity index (χ0v) is 11.7. The molecular formula is C16H18N4. The Bertz CT molecular complexity index is 587. The minimum absolute atomic E-state index is 0.266. The fourth-order valence-electron chi connectivity index (χ4n) is 2.09. The Hall–Kier alpha value is -2.38. The number of hydrogen-bond acceptors (Lipinski definition) is 4. The monoisotopic (exact) mass is 266 g/mol. The summed E-state index contributed by atoms with van der Waals surface area (Å²) in [6, 6.07) is 14.5. The summed E-state index contributed by atoms with van der Waals surface area (Å²) in [4.78, 5) is 6.22. The Balaban J connectivity index is 2.08. The summed E-state index contributed by atoms with van der Waals surface area (Å²) in [5.41, 5.74) is 2.69. The van der Waals surface area contributed by atoms with E-state index in [0.717, 1.165) is 12.2 Å². The van der Waals surface area contributed by atoms with Gasteiger partial charge < -0.3 is 10.2 Å². The molecule has 0 aliphatic rings. The van der Waals surface area contributed by atoms with Crippen LogP contribution in [-0.4, -0.2) is 30.5 Å². The first-order valence-corrected chi connectivity index (χ1v) is 6.51. The molecule has 4 heteroatoms. The van der Waals surface area contributed by atoms with Crippen LogP contribution < -0.4 is 5.32 Å². The number of nitrogens with zero attached hydrogens (tertiary/aromatic N) is 3. The van der Waals surface area contributed by atoms with Gasteiger partial charge in [-0.2, -0.15) is 5.26 Å². The van der Waals surface area contributed by atoms with E-state index in [-0.39, 0.29) is 6.04 Å². The maximum Gasteiger partial charge on any atom is 0.101 e. The molecule has 0 fully saturated rings. The van der Waals surface area contributed by atoms with E-state index >= 15 is 0 Å². The molecule has 2 aromatic rings. The Morgan fingerprint density at radius 3 is 2.65 bits per heavy atom. The molecule has 102 valence electrons. The van der Waals surface area contributed by atoms with Crippen molar-refractivity contribution in [2.45, 2.75) is 6.04 Å². The second kappa shape index (κ2) is 6.69. The molecule has 0 amide bonds. The van der Waals surface area contributed by atoms with Crippen molar-refractivity contribution >= 4 is 5.69 Å². The van der Waals surface area contributed by atoms with E-state index in [1.54, 1.807) is 12.4 Å². The summed E-state index contributed by atoms with van der Waals surface area (Å²) < 4.78 is 0. The van der Waals surface area contributed by atoms with Gasteiger partial charge in [-0.1, -0.05) is 30.3 Å². The largest absolute Gasteiger partial charge is 0.382 e. The highest BCUT2D eigenvalue weighted by atomic mass is 15.1. The number of hydrogen-bond donors (Lipinski definition) is 1. The fraction of sp³-hybridized carbons (Fsp3) is 0.250. The lowest BCUT2D eigenvalue weighted by Crippen LogP contribution is -2.26. The van der Waals surface area contributed by atoms with Crippen LogP contribution in [0.15, 0.2) is 48.8 Å². The number of likely N-dealkylation sites (N-methyl/N-ethyl adjacent to an activating group) is 1. The van der Waals surface area contributed by atoms with Crippen molar-refractivity contribution in [3.05, 3.63) is 59.9 Å². The smallest absolute Gasteiger partial charge is 0.101 e. The van der Waals surface area contributed by atoms with Crippen LogP contribution in [0.3, 0.4) is 0 Å². The van der Waals surface area contributed by atoms with E-state index in [4.69, 9.17) is 5.26 Å². The summed E-state index contributed by atoms with van der Waals surface area (Å²) in [6.07, 6.45) is 3.30. The van der Waals surface area contributed by atoms with E-state index in [9.17, 15) is 0 Å². The summed E-state index contributed by atoms with van der Waals surface area (Å²) >= 11 is 0. The normalized spacial score (nSPS) is 11.9. The van der Waals surface area contributed by atoms with Crippen LogP contribution in [0.4, 0.5) is 5.69 Å². The van der Waals surface area contributed by atoms with Crippen LogP contribution >= 0.6 is 0 Å². The molecule has 1 atom stereocenters. The highest BCUT2D eigenvalue weighted by Crippen LogP contribution is 2.19. The van der Waals surface area contributed by atoms with E-state index in [0.29, 0.717) is 5.56 Å². The molecule has 0 aliphatic carbocycles. The van der Waals surface area contributed by atoms with E-state index < -0.39 is 0 Å². The summed E-state index contributed by atoms with van der Waals surface area (Å²) in [5.74, 6) is 0. The van der Waals surface area contributed by atoms with Gasteiger partial charge in [0.25, 0.3) is 0 Å². The topological polar surface area (TPSA) is 52.0 Å². The minimum atomic E-state index is 0.266. The maximum absolute atomic E-state index is 8.88. The van der Waals surface area contributed by atoms with Gasteiger partial charge in [0.15, 0.2) is 0 Å². The van der Waals surface area contributed by atoms with Gasteiger partial charge >= 0.3 is 0 Å². The molecule has 1 N–H and O–H groups in total. The van der Waals surface area contributed by atoms with E-state index in [2.05, 4.69) is 47.5 Å². The Morgan fingerprint density at radius 1 is 1.25 bits per heavy atom. The number of nitriles is 1. The van der Waals surface area contributed by atoms with E-state index in [1.807, 2.05) is 24.3 Å². The third-order valence-corrected chi connectivity index (χ3v) is 3.17. The van der Waals surface area contributed by atoms with Gasteiger partial charge in [0, 0.05) is 12.7 Å². The fourth-order valence-corrected chi connectivity index (χ4v) is 2.09. The van der Waals surface area contributed by atoms with E-state index in [1.165, 1.54) is 5.56 Å². The number of nitrogens with one attached hydrogen (secondary N) is 1. The first-order chi connectivity index (χ1) is 9.70. The van der Waals surface area contributed by atoms with Crippen molar-refractivity contribution in [3.8, 4) is 6.07 Å². The zero-order valence-electron chi connectivity index (χ0n) is 11.7. The quantitative estimate of drug-likeness (QED) is 0.904. The lowest BCUT2D eigenvalue weighted by molar-refractivity contribution is 0.312. The number of aromatic nitrogens is 1. The molecule has 20 heavy (non-hydrogen) atoms. The first-order valence-electron chi connectivity index (χ1n) is 6.51. The predicted molar refractivity (Wildman–Crippen MR) is 80.3 cm³/mol. The molecule has 0 radical (unpaired) electrons. The van der Waals surface area contributed by atoms with Crippen LogP contribution in [0.25, 0.3) is 0 Å². The molecule has 0 saturated heterocycles. The SMILES string of the molecule is CN(C)C(CNc1cncc(C#N)c1)c1ccccc1. The van der Waals surface area contributed by atoms with Crippen molar-refractivity contribution in [2.24, 2.45) is 0 Å². The van der Waals surface area contributed by atoms with Gasteiger partial charge in [-0.3, -0.25) is 4.98 Å². The van der Waals surface area contributed by atoms with Gasteiger partial charge in [0.05, 0.1) is 23.5 Å². The minimum Gasteiger partial charge on any atom is -0.382 e. The molecule has 1 unspecified atom stereocenters. The van der Waals surface area contributed by atoms with Crippen molar-refractivity contribution in [1.29, 1.82) is 5.26 Å². The second-order valence-electron chi connectivity index (χ2n) is 4.85. The predicted octanol–water partition coefficient (Wildman–Crippen LogP) is 2.67. The van der Waals surface area contributed by atoms with Crippen molar-refractivity contribution in [1.82, 2.24) is 9.88 Å². The molecule has 1 aromatic heterocycles. The second-order valence-corrected chi connectivity index (χ2v) is 4.85. The average molecular weight is 266 g/mol. The van der Waals surface area contributed by atoms with Gasteiger partial charge in [-0.25, -0.2) is 0 Å². The third-order valence-electron chi connectivity index (χ3n) is 3.17. The van der Waals surface area contributed by atoms with Crippen LogP contribution in [0.5, 0.6) is 0 Å². The van der Waals surface area contributed by atoms with Crippen LogP contribution in [0.2, 0.25) is 0 Å². The number of anilines is 1. The average Bonchev–Trinajstić information content (AvgIpc) is 2.48. The molecule has 0 aliphatic heterocycles. The van der Waals surface area contributed by atoms with Gasteiger partial charge in [-0.05, 0) is 25.7 Å². The first kappa shape index (κ1) is 14.0. The summed E-state index contributed by atoms with van der Waals surface area (Å²) in [5, 5.41) is 12.2. The van der Waals surface area contributed by atoms with Crippen molar-refractivity contribution in [2.75, 3.05) is 26.0 Å². The van der Waals surface area contributed by atoms with Crippen LogP contribution in [-0.2, 0) is 0 Å². The highest BCUT2D eigenvalue weighted by molar-refractivity contribution is 5.46. The van der Waals surface area contributed by atoms with Gasteiger partial charge in [-0.15, -0.1) is 0 Å². The number of benzene rings is 1. The molecule has 0 saturated carbocycles. The van der Waals surface area contributed by atoms with Crippen LogP contribution in [0.1, 0.15) is 17.2 Å².